The van der Waals surface area contributed by atoms with Crippen LogP contribution in [-0.2, 0) is 10.1 Å². The first-order chi connectivity index (χ1) is 6.34. The Morgan fingerprint density at radius 1 is 1.20 bits per heavy atom. The Bertz CT molecular complexity index is 387. The van der Waals surface area contributed by atoms with Gasteiger partial charge in [0, 0.05) is 0 Å². The van der Waals surface area contributed by atoms with Gasteiger partial charge in [-0.1, -0.05) is 18.2 Å². The van der Waals surface area contributed by atoms with Gasteiger partial charge in [0.05, 0.1) is 4.90 Å². The van der Waals surface area contributed by atoms with Crippen LogP contribution >= 0.6 is 0 Å². The number of rotatable bonds is 1. The van der Waals surface area contributed by atoms with Gasteiger partial charge in [-0.05, 0) is 12.1 Å². The van der Waals surface area contributed by atoms with Crippen molar-refractivity contribution in [3.63, 3.8) is 0 Å². The van der Waals surface area contributed by atoms with Gasteiger partial charge in [-0.25, -0.2) is 8.42 Å². The fourth-order valence-electron chi connectivity index (χ4n) is 0.587. The molecule has 0 saturated heterocycles. The summed E-state index contributed by atoms with van der Waals surface area (Å²) in [4.78, 5) is 8.18. The van der Waals surface area contributed by atoms with Crippen molar-refractivity contribution in [1.29, 1.82) is 0 Å². The first-order valence-corrected chi connectivity index (χ1v) is 4.59. The van der Waals surface area contributed by atoms with Gasteiger partial charge in [0.2, 0.25) is 0 Å². The molecule has 15 heavy (non-hydrogen) atoms. The third kappa shape index (κ3) is 9.63. The van der Waals surface area contributed by atoms with Gasteiger partial charge >= 0.3 is 29.6 Å². The molecule has 0 amide bonds. The molecule has 0 aliphatic carbocycles. The zero-order valence-electron chi connectivity index (χ0n) is 7.73. The second-order valence-corrected chi connectivity index (χ2v) is 3.38. The molecule has 78 valence electrons. The molecule has 0 bridgehead atoms. The van der Waals surface area contributed by atoms with E-state index in [4.69, 9.17) is 15.3 Å². The molecule has 1 rings (SSSR count). The SMILES string of the molecule is O=S(=O)([O-])c1ccccc1.O=[N+]([O-])O.[Na+]. The van der Waals surface area contributed by atoms with Crippen molar-refractivity contribution in [1.82, 2.24) is 0 Å². The molecule has 0 unspecified atom stereocenters. The van der Waals surface area contributed by atoms with Gasteiger partial charge in [0.25, 0.3) is 5.09 Å². The number of benzene rings is 1. The summed E-state index contributed by atoms with van der Waals surface area (Å²) in [7, 11) is -4.25. The van der Waals surface area contributed by atoms with E-state index in [-0.39, 0.29) is 34.5 Å². The molecular weight excluding hydrogens is 237 g/mol. The molecule has 1 aromatic rings. The number of nitrogens with zero attached hydrogens (tertiary/aromatic N) is 1. The Kier molecular flexibility index (Phi) is 8.49. The summed E-state index contributed by atoms with van der Waals surface area (Å²) in [6.07, 6.45) is 0. The Hall–Kier alpha value is -0.670. The third-order valence-electron chi connectivity index (χ3n) is 1.03. The van der Waals surface area contributed by atoms with E-state index < -0.39 is 15.2 Å². The van der Waals surface area contributed by atoms with Crippen LogP contribution < -0.4 is 29.6 Å². The summed E-state index contributed by atoms with van der Waals surface area (Å²) in [6, 6.07) is 7.19. The molecule has 7 nitrogen and oxygen atoms in total. The van der Waals surface area contributed by atoms with Crippen LogP contribution in [0.2, 0.25) is 0 Å². The maximum atomic E-state index is 10.3. The summed E-state index contributed by atoms with van der Waals surface area (Å²) in [5, 5.41) is 13.6. The molecule has 0 spiro atoms. The summed E-state index contributed by atoms with van der Waals surface area (Å²) in [5.74, 6) is 0. The second kappa shape index (κ2) is 7.60. The van der Waals surface area contributed by atoms with Crippen molar-refractivity contribution in [2.45, 2.75) is 4.90 Å². The summed E-state index contributed by atoms with van der Waals surface area (Å²) in [5.41, 5.74) is 0. The predicted molar refractivity (Wildman–Crippen MR) is 43.2 cm³/mol. The molecule has 0 aliphatic heterocycles. The molecule has 0 aliphatic rings. The van der Waals surface area contributed by atoms with E-state index in [1.807, 2.05) is 0 Å². The Morgan fingerprint density at radius 2 is 1.53 bits per heavy atom. The molecule has 0 radical (unpaired) electrons. The van der Waals surface area contributed by atoms with Gasteiger partial charge in [-0.15, -0.1) is 10.1 Å². The monoisotopic (exact) mass is 243 g/mol. The average molecular weight is 243 g/mol. The number of hydrogen-bond donors (Lipinski definition) is 1. The molecule has 1 N–H and O–H groups in total. The van der Waals surface area contributed by atoms with Crippen LogP contribution in [-0.4, -0.2) is 23.3 Å². The van der Waals surface area contributed by atoms with E-state index in [0.29, 0.717) is 0 Å². The molecule has 0 atom stereocenters. The first-order valence-electron chi connectivity index (χ1n) is 3.18. The maximum Gasteiger partial charge on any atom is 1.00 e. The molecule has 9 heteroatoms. The first kappa shape index (κ1) is 16.7. The van der Waals surface area contributed by atoms with E-state index in [1.165, 1.54) is 24.3 Å². The van der Waals surface area contributed by atoms with E-state index in [1.54, 1.807) is 6.07 Å². The quantitative estimate of drug-likeness (QED) is 0.247. The molecule has 0 fully saturated rings. The minimum Gasteiger partial charge on any atom is -0.744 e. The van der Waals surface area contributed by atoms with Crippen molar-refractivity contribution in [3.05, 3.63) is 40.4 Å². The predicted octanol–water partition coefficient (Wildman–Crippen LogP) is -2.75. The Balaban J connectivity index is 0. The van der Waals surface area contributed by atoms with Gasteiger partial charge in [0.1, 0.15) is 10.1 Å². The van der Waals surface area contributed by atoms with Crippen LogP contribution in [0, 0.1) is 10.1 Å². The van der Waals surface area contributed by atoms with Crippen LogP contribution in [0.15, 0.2) is 35.2 Å². The largest absolute Gasteiger partial charge is 1.00 e. The zero-order chi connectivity index (χ0) is 11.2. The fourth-order valence-corrected chi connectivity index (χ4v) is 1.08. The smallest absolute Gasteiger partial charge is 0.744 e. The zero-order valence-corrected chi connectivity index (χ0v) is 10.5. The van der Waals surface area contributed by atoms with Crippen LogP contribution in [0.25, 0.3) is 0 Å². The summed E-state index contributed by atoms with van der Waals surface area (Å²) < 4.78 is 30.8. The van der Waals surface area contributed by atoms with E-state index >= 15 is 0 Å². The Labute approximate surface area is 108 Å². The third-order valence-corrected chi connectivity index (χ3v) is 1.88. The van der Waals surface area contributed by atoms with E-state index in [0.717, 1.165) is 0 Å². The minimum atomic E-state index is -4.25. The van der Waals surface area contributed by atoms with Crippen LogP contribution in [0.5, 0.6) is 0 Å². The van der Waals surface area contributed by atoms with Gasteiger partial charge < -0.3 is 9.76 Å². The summed E-state index contributed by atoms with van der Waals surface area (Å²) in [6.45, 7) is 0. The Morgan fingerprint density at radius 3 is 1.73 bits per heavy atom. The van der Waals surface area contributed by atoms with Gasteiger partial charge in [-0.3, -0.25) is 0 Å². The van der Waals surface area contributed by atoms with Crippen molar-refractivity contribution in [2.75, 3.05) is 0 Å². The molecule has 0 saturated carbocycles. The van der Waals surface area contributed by atoms with Crippen LogP contribution in [0.4, 0.5) is 0 Å². The van der Waals surface area contributed by atoms with Crippen LogP contribution in [0.3, 0.4) is 0 Å². The molecule has 0 aromatic heterocycles. The average Bonchev–Trinajstić information content (AvgIpc) is 2.03. The maximum absolute atomic E-state index is 10.3. The van der Waals surface area contributed by atoms with Gasteiger partial charge in [0.15, 0.2) is 0 Å². The minimum absolute atomic E-state index is 0. The standard InChI is InChI=1S/C6H6O3S.HNO3.Na/c7-10(8,9)6-4-2-1-3-5-6;2-1(3)4;/h1-5H,(H,7,8,9);(H,2,3,4);/q;;+1/p-1. The van der Waals surface area contributed by atoms with Gasteiger partial charge in [-0.2, -0.15) is 0 Å². The van der Waals surface area contributed by atoms with Crippen molar-refractivity contribution in [2.24, 2.45) is 0 Å². The molecule has 1 aromatic carbocycles. The fraction of sp³-hybridized carbons (Fsp3) is 0. The number of hydrogen-bond acceptors (Lipinski definition) is 5. The van der Waals surface area contributed by atoms with Crippen LogP contribution in [0.1, 0.15) is 0 Å². The van der Waals surface area contributed by atoms with Crippen molar-refractivity contribution < 1.29 is 52.8 Å². The second-order valence-electron chi connectivity index (χ2n) is 2.01. The van der Waals surface area contributed by atoms with Crippen molar-refractivity contribution in [3.8, 4) is 0 Å². The van der Waals surface area contributed by atoms with E-state index in [9.17, 15) is 13.0 Å². The van der Waals surface area contributed by atoms with Crippen molar-refractivity contribution >= 4 is 10.1 Å². The van der Waals surface area contributed by atoms with E-state index in [2.05, 4.69) is 0 Å². The normalized spacial score (nSPS) is 9.13. The topological polar surface area (TPSA) is 121 Å². The molecular formula is C6H6NNaO6S. The summed E-state index contributed by atoms with van der Waals surface area (Å²) >= 11 is 0. The molecule has 0 heterocycles.